The third-order valence-electron chi connectivity index (χ3n) is 4.65. The summed E-state index contributed by atoms with van der Waals surface area (Å²) in [6.07, 6.45) is 1.64. The lowest BCUT2D eigenvalue weighted by atomic mass is 9.94. The Bertz CT molecular complexity index is 1020. The smallest absolute Gasteiger partial charge is 0.408 e. The normalized spacial score (nSPS) is 18.9. The van der Waals surface area contributed by atoms with E-state index in [1.807, 2.05) is 37.3 Å². The van der Waals surface area contributed by atoms with Crippen molar-refractivity contribution in [2.45, 2.75) is 19.1 Å². The molecule has 1 fully saturated rings. The maximum Gasteiger partial charge on any atom is 0.408 e. The molecule has 0 radical (unpaired) electrons. The van der Waals surface area contributed by atoms with Crippen LogP contribution in [0.2, 0.25) is 0 Å². The van der Waals surface area contributed by atoms with E-state index >= 15 is 0 Å². The molecule has 6 heteroatoms. The molecule has 1 saturated heterocycles. The zero-order valence-corrected chi connectivity index (χ0v) is 14.4. The molecule has 1 amide bonds. The van der Waals surface area contributed by atoms with Crippen molar-refractivity contribution in [2.75, 3.05) is 0 Å². The van der Waals surface area contributed by atoms with Crippen molar-refractivity contribution >= 4 is 6.09 Å². The second kappa shape index (κ2) is 6.79. The molecule has 4 rings (SSSR count). The number of carbonyl (C=O) groups excluding carboxylic acids is 1. The number of nitrogens with one attached hydrogen (secondary N) is 1. The second-order valence-electron chi connectivity index (χ2n) is 6.44. The molecular formula is C21H16F2N2O2. The van der Waals surface area contributed by atoms with Gasteiger partial charge in [0.15, 0.2) is 6.10 Å². The molecule has 1 aliphatic heterocycles. The van der Waals surface area contributed by atoms with E-state index < -0.39 is 29.9 Å². The fraction of sp³-hybridized carbons (Fsp3) is 0.143. The molecule has 27 heavy (non-hydrogen) atoms. The summed E-state index contributed by atoms with van der Waals surface area (Å²) in [6.45, 7) is 1.99. The average Bonchev–Trinajstić information content (AvgIpc) is 3.06. The van der Waals surface area contributed by atoms with Crippen molar-refractivity contribution in [2.24, 2.45) is 0 Å². The van der Waals surface area contributed by atoms with Gasteiger partial charge >= 0.3 is 6.09 Å². The number of pyridine rings is 1. The number of aryl methyl sites for hydroxylation is 1. The molecule has 0 saturated carbocycles. The molecular weight excluding hydrogens is 350 g/mol. The molecule has 1 aromatic heterocycles. The number of rotatable bonds is 3. The van der Waals surface area contributed by atoms with E-state index in [2.05, 4.69) is 10.3 Å². The van der Waals surface area contributed by atoms with Crippen LogP contribution >= 0.6 is 0 Å². The van der Waals surface area contributed by atoms with Crippen LogP contribution in [0, 0.1) is 18.6 Å². The van der Waals surface area contributed by atoms with E-state index in [-0.39, 0.29) is 5.56 Å². The molecule has 3 aromatic rings. The van der Waals surface area contributed by atoms with Gasteiger partial charge in [0.05, 0.1) is 0 Å². The van der Waals surface area contributed by atoms with Crippen molar-refractivity contribution in [1.82, 2.24) is 10.3 Å². The molecule has 2 aromatic carbocycles. The number of hydrogen-bond donors (Lipinski definition) is 1. The van der Waals surface area contributed by atoms with Crippen LogP contribution in [0.4, 0.5) is 13.6 Å². The van der Waals surface area contributed by atoms with Gasteiger partial charge < -0.3 is 10.1 Å². The quantitative estimate of drug-likeness (QED) is 0.720. The lowest BCUT2D eigenvalue weighted by molar-refractivity contribution is 0.130. The average molecular weight is 366 g/mol. The van der Waals surface area contributed by atoms with Crippen molar-refractivity contribution < 1.29 is 18.3 Å². The van der Waals surface area contributed by atoms with Crippen LogP contribution in [0.25, 0.3) is 11.1 Å². The van der Waals surface area contributed by atoms with E-state index in [1.54, 1.807) is 12.4 Å². The van der Waals surface area contributed by atoms with Gasteiger partial charge in [0.2, 0.25) is 0 Å². The largest absolute Gasteiger partial charge is 0.439 e. The Hall–Kier alpha value is -3.28. The number of nitrogens with zero attached hydrogens (tertiary/aromatic N) is 1. The molecule has 0 bridgehead atoms. The zero-order chi connectivity index (χ0) is 19.0. The number of alkyl carbamates (subject to hydrolysis) is 1. The summed E-state index contributed by atoms with van der Waals surface area (Å²) in [5, 5.41) is 2.67. The fourth-order valence-electron chi connectivity index (χ4n) is 3.33. The highest BCUT2D eigenvalue weighted by molar-refractivity contribution is 5.72. The number of amides is 1. The molecule has 0 spiro atoms. The molecule has 1 N–H and O–H groups in total. The maximum atomic E-state index is 14.2. The Labute approximate surface area is 154 Å². The summed E-state index contributed by atoms with van der Waals surface area (Å²) in [6, 6.07) is 12.1. The van der Waals surface area contributed by atoms with Crippen LogP contribution in [0.3, 0.4) is 0 Å². The van der Waals surface area contributed by atoms with Crippen molar-refractivity contribution in [3.63, 3.8) is 0 Å². The molecule has 4 nitrogen and oxygen atoms in total. The summed E-state index contributed by atoms with van der Waals surface area (Å²) < 4.78 is 33.1. The fourth-order valence-corrected chi connectivity index (χ4v) is 3.33. The van der Waals surface area contributed by atoms with Gasteiger partial charge in [-0.25, -0.2) is 13.6 Å². The van der Waals surface area contributed by atoms with E-state index in [9.17, 15) is 13.6 Å². The van der Waals surface area contributed by atoms with Gasteiger partial charge in [0, 0.05) is 23.5 Å². The van der Waals surface area contributed by atoms with Crippen molar-refractivity contribution in [3.8, 4) is 11.1 Å². The maximum absolute atomic E-state index is 14.2. The number of aromatic nitrogens is 1. The third-order valence-corrected chi connectivity index (χ3v) is 4.65. The van der Waals surface area contributed by atoms with Gasteiger partial charge in [-0.05, 0) is 47.9 Å². The van der Waals surface area contributed by atoms with Crippen LogP contribution in [0.5, 0.6) is 0 Å². The monoisotopic (exact) mass is 366 g/mol. The highest BCUT2D eigenvalue weighted by atomic mass is 19.1. The van der Waals surface area contributed by atoms with Gasteiger partial charge in [-0.3, -0.25) is 4.98 Å². The summed E-state index contributed by atoms with van der Waals surface area (Å²) in [5.41, 5.74) is 3.58. The highest BCUT2D eigenvalue weighted by Crippen LogP contribution is 2.38. The van der Waals surface area contributed by atoms with E-state index in [1.165, 1.54) is 0 Å². The number of benzene rings is 2. The van der Waals surface area contributed by atoms with E-state index in [0.717, 1.165) is 34.9 Å². The first-order valence-electron chi connectivity index (χ1n) is 8.46. The topological polar surface area (TPSA) is 51.2 Å². The number of ether oxygens (including phenoxy) is 1. The molecule has 1 unspecified atom stereocenters. The van der Waals surface area contributed by atoms with Crippen LogP contribution in [-0.4, -0.2) is 11.1 Å². The SMILES string of the molecule is Cc1ccccc1-c1cncc([C@H]2NC(=O)OC2c2cc(F)ccc2F)c1. The molecule has 1 aliphatic rings. The predicted octanol–water partition coefficient (Wildman–Crippen LogP) is 4.86. The number of halogens is 2. The summed E-state index contributed by atoms with van der Waals surface area (Å²) >= 11 is 0. The van der Waals surface area contributed by atoms with Gasteiger partial charge in [0.25, 0.3) is 0 Å². The molecule has 2 heterocycles. The first kappa shape index (κ1) is 17.1. The Morgan fingerprint density at radius 1 is 1.07 bits per heavy atom. The first-order chi connectivity index (χ1) is 13.0. The van der Waals surface area contributed by atoms with Gasteiger partial charge in [-0.1, -0.05) is 24.3 Å². The van der Waals surface area contributed by atoms with Crippen molar-refractivity contribution in [3.05, 3.63) is 89.2 Å². The van der Waals surface area contributed by atoms with Crippen LogP contribution in [0.15, 0.2) is 60.9 Å². The molecule has 2 atom stereocenters. The molecule has 0 aliphatic carbocycles. The minimum atomic E-state index is -0.984. The predicted molar refractivity (Wildman–Crippen MR) is 95.9 cm³/mol. The Balaban J connectivity index is 1.75. The van der Waals surface area contributed by atoms with Crippen LogP contribution < -0.4 is 5.32 Å². The van der Waals surface area contributed by atoms with Crippen LogP contribution in [0.1, 0.15) is 28.8 Å². The van der Waals surface area contributed by atoms with Gasteiger partial charge in [-0.2, -0.15) is 0 Å². The van der Waals surface area contributed by atoms with Crippen molar-refractivity contribution in [1.29, 1.82) is 0 Å². The van der Waals surface area contributed by atoms with Crippen LogP contribution in [-0.2, 0) is 4.74 Å². The second-order valence-corrected chi connectivity index (χ2v) is 6.44. The summed E-state index contributed by atoms with van der Waals surface area (Å²) in [7, 11) is 0. The lowest BCUT2D eigenvalue weighted by Crippen LogP contribution is -2.20. The minimum absolute atomic E-state index is 0.0142. The van der Waals surface area contributed by atoms with Gasteiger partial charge in [0.1, 0.15) is 17.7 Å². The third kappa shape index (κ3) is 3.26. The van der Waals surface area contributed by atoms with E-state index in [4.69, 9.17) is 4.74 Å². The first-order valence-corrected chi connectivity index (χ1v) is 8.46. The number of carbonyl (C=O) groups is 1. The van der Waals surface area contributed by atoms with E-state index in [0.29, 0.717) is 5.56 Å². The molecule has 136 valence electrons. The number of hydrogen-bond acceptors (Lipinski definition) is 3. The summed E-state index contributed by atoms with van der Waals surface area (Å²) in [5.74, 6) is -1.23. The Morgan fingerprint density at radius 3 is 2.70 bits per heavy atom. The van der Waals surface area contributed by atoms with Gasteiger partial charge in [-0.15, -0.1) is 0 Å². The number of cyclic esters (lactones) is 1. The highest BCUT2D eigenvalue weighted by Gasteiger charge is 2.38. The standard InChI is InChI=1S/C21H16F2N2O2/c1-12-4-2-3-5-16(12)13-8-14(11-24-10-13)19-20(27-21(26)25-19)17-9-15(22)6-7-18(17)23/h2-11,19-20H,1H3,(H,25,26)/t19-,20?/m1/s1. The Kier molecular flexibility index (Phi) is 4.32. The Morgan fingerprint density at radius 2 is 1.89 bits per heavy atom. The summed E-state index contributed by atoms with van der Waals surface area (Å²) in [4.78, 5) is 16.1. The minimum Gasteiger partial charge on any atom is -0.439 e. The lowest BCUT2D eigenvalue weighted by Gasteiger charge is -2.19. The zero-order valence-electron chi connectivity index (χ0n) is 14.4.